The van der Waals surface area contributed by atoms with Crippen LogP contribution in [0.2, 0.25) is 0 Å². The summed E-state index contributed by atoms with van der Waals surface area (Å²) in [7, 11) is 0. The maximum atomic E-state index is 4.77. The van der Waals surface area contributed by atoms with E-state index < -0.39 is 0 Å². The zero-order valence-electron chi connectivity index (χ0n) is 41.9. The average Bonchev–Trinajstić information content (AvgIpc) is 4.06. The van der Waals surface area contributed by atoms with Crippen molar-refractivity contribution in [1.82, 2.24) is 26.2 Å². The third-order valence-electron chi connectivity index (χ3n) is 13.2. The van der Waals surface area contributed by atoms with Crippen molar-refractivity contribution in [3.8, 4) is 0 Å². The molecule has 5 nitrogen and oxygen atoms in total. The first-order chi connectivity index (χ1) is 27.6. The molecule has 1 heterocycles. The Labute approximate surface area is 369 Å². The Hall–Kier alpha value is -2.56. The predicted molar refractivity (Wildman–Crippen MR) is 265 cm³/mol. The zero-order chi connectivity index (χ0) is 45.1. The highest BCUT2D eigenvalue weighted by Gasteiger charge is 2.44. The molecule has 0 aromatic rings. The molecule has 0 aromatic carbocycles. The monoisotopic (exact) mass is 820 g/mol. The topological polar surface area (TPSA) is 51.4 Å². The Bertz CT molecular complexity index is 1280. The second-order valence-electron chi connectivity index (χ2n) is 21.1. The van der Waals surface area contributed by atoms with Crippen molar-refractivity contribution in [2.75, 3.05) is 13.1 Å². The smallest absolute Gasteiger partial charge is 0.0713 e. The molecule has 1 saturated heterocycles. The minimum absolute atomic E-state index is 0.153. The first kappa shape index (κ1) is 54.5. The fourth-order valence-electron chi connectivity index (χ4n) is 7.99. The molecular formula is C54H101N5. The number of hydrogen-bond donors (Lipinski definition) is 4. The van der Waals surface area contributed by atoms with Gasteiger partial charge in [-0.05, 0) is 111 Å². The van der Waals surface area contributed by atoms with Crippen LogP contribution in [-0.2, 0) is 0 Å². The lowest BCUT2D eigenvalue weighted by molar-refractivity contribution is 0.179. The van der Waals surface area contributed by atoms with Crippen molar-refractivity contribution >= 4 is 0 Å². The van der Waals surface area contributed by atoms with E-state index in [0.717, 1.165) is 72.0 Å². The van der Waals surface area contributed by atoms with Gasteiger partial charge in [-0.3, -0.25) is 0 Å². The first-order valence-electron chi connectivity index (χ1n) is 24.5. The van der Waals surface area contributed by atoms with Gasteiger partial charge < -0.3 is 26.2 Å². The second kappa shape index (κ2) is 26.7. The lowest BCUT2D eigenvalue weighted by Gasteiger charge is -2.42. The standard InChI is InChI=1S/C37H64N4.C8H18.C7H13N.C2H6/c1-12-13-14-15-16-26(4)35(38-25(2)3)30(8)41-24-23-33(37(9,10)11)36(41)29(7)40-34(22-19-31-17-18-31)27(5)28(6)39-32-20-21-32;1-6-7(2)8(3,4)5;1-6(2)8-5-7-3-4-7;1-2/h26,31-36,38-40H,2,5-8,12-24H2,1,3-4,9-11H3;7H,6H2,1-5H3;7-8H,1,3-5H2,2H3;1-2H3/t26?,33-,34?,35?,36?;;;/m0.../s1. The van der Waals surface area contributed by atoms with Gasteiger partial charge in [-0.2, -0.15) is 0 Å². The van der Waals surface area contributed by atoms with E-state index >= 15 is 0 Å². The van der Waals surface area contributed by atoms with Crippen LogP contribution in [0.15, 0.2) is 73.5 Å². The zero-order valence-corrected chi connectivity index (χ0v) is 41.9. The summed E-state index contributed by atoms with van der Waals surface area (Å²) in [6, 6.07) is 1.09. The Morgan fingerprint density at radius 2 is 1.32 bits per heavy atom. The summed E-state index contributed by atoms with van der Waals surface area (Å²) in [5.74, 6) is 3.65. The molecular weight excluding hydrogens is 719 g/mol. The van der Waals surface area contributed by atoms with E-state index in [4.69, 9.17) is 13.2 Å². The Morgan fingerprint density at radius 1 is 0.729 bits per heavy atom. The third-order valence-corrected chi connectivity index (χ3v) is 13.2. The molecule has 0 aromatic heterocycles. The van der Waals surface area contributed by atoms with Crippen molar-refractivity contribution in [1.29, 1.82) is 0 Å². The lowest BCUT2D eigenvalue weighted by atomic mass is 9.75. The van der Waals surface area contributed by atoms with Crippen LogP contribution < -0.4 is 21.3 Å². The van der Waals surface area contributed by atoms with Crippen molar-refractivity contribution in [2.24, 2.45) is 40.4 Å². The van der Waals surface area contributed by atoms with Gasteiger partial charge in [-0.1, -0.05) is 168 Å². The van der Waals surface area contributed by atoms with Crippen LogP contribution in [0.4, 0.5) is 0 Å². The summed E-state index contributed by atoms with van der Waals surface area (Å²) in [5.41, 5.74) is 7.15. The summed E-state index contributed by atoms with van der Waals surface area (Å²) in [6.45, 7) is 59.9. The highest BCUT2D eigenvalue weighted by Crippen LogP contribution is 2.44. The van der Waals surface area contributed by atoms with E-state index in [0.29, 0.717) is 23.3 Å². The van der Waals surface area contributed by atoms with Gasteiger partial charge in [0, 0.05) is 47.6 Å². The summed E-state index contributed by atoms with van der Waals surface area (Å²) >= 11 is 0. The molecule has 0 radical (unpaired) electrons. The SMILES string of the molecule is C=C(C)NC(C(=C)N1CC[C@H](C(C)(C)C)C1C(=C)NC(CCC1CC1)C(=C)C(=C)NC1CC1)C(C)CCCCCC.C=C(C)NCC1CC1.CC.CCC(C)C(C)(C)C. The maximum absolute atomic E-state index is 4.77. The number of nitrogens with one attached hydrogen (secondary N) is 4. The van der Waals surface area contributed by atoms with Crippen molar-refractivity contribution in [2.45, 2.75) is 217 Å². The number of allylic oxidation sites excluding steroid dienone is 2. The second-order valence-corrected chi connectivity index (χ2v) is 21.1. The molecule has 5 heteroatoms. The van der Waals surface area contributed by atoms with Gasteiger partial charge in [0.2, 0.25) is 0 Å². The van der Waals surface area contributed by atoms with E-state index in [-0.39, 0.29) is 23.5 Å². The number of unbranched alkanes of at least 4 members (excludes halogenated alkanes) is 3. The third kappa shape index (κ3) is 21.7. The molecule has 1 aliphatic heterocycles. The fourth-order valence-corrected chi connectivity index (χ4v) is 7.99. The molecule has 6 atom stereocenters. The van der Waals surface area contributed by atoms with Gasteiger partial charge in [0.25, 0.3) is 0 Å². The maximum Gasteiger partial charge on any atom is 0.0713 e. The molecule has 3 saturated carbocycles. The van der Waals surface area contributed by atoms with Crippen molar-refractivity contribution in [3.05, 3.63) is 73.5 Å². The minimum Gasteiger partial charge on any atom is -0.389 e. The molecule has 0 spiro atoms. The molecule has 0 bridgehead atoms. The lowest BCUT2D eigenvalue weighted by Crippen LogP contribution is -2.49. The Morgan fingerprint density at radius 3 is 1.76 bits per heavy atom. The summed E-state index contributed by atoms with van der Waals surface area (Å²) in [5, 5.41) is 14.5. The number of hydrogen-bond acceptors (Lipinski definition) is 5. The van der Waals surface area contributed by atoms with E-state index in [1.165, 1.54) is 89.2 Å². The van der Waals surface area contributed by atoms with Crippen LogP contribution in [0.1, 0.15) is 193 Å². The van der Waals surface area contributed by atoms with Gasteiger partial charge in [0.1, 0.15) is 0 Å². The first-order valence-corrected chi connectivity index (χ1v) is 24.5. The highest BCUT2D eigenvalue weighted by molar-refractivity contribution is 5.32. The van der Waals surface area contributed by atoms with E-state index in [9.17, 15) is 0 Å². The minimum atomic E-state index is 0.153. The quantitative estimate of drug-likeness (QED) is 0.0577. The van der Waals surface area contributed by atoms with Gasteiger partial charge in [0.05, 0.1) is 18.1 Å². The van der Waals surface area contributed by atoms with E-state index in [1.807, 2.05) is 20.8 Å². The van der Waals surface area contributed by atoms with Gasteiger partial charge in [-0.25, -0.2) is 0 Å². The molecule has 4 N–H and O–H groups in total. The van der Waals surface area contributed by atoms with Crippen LogP contribution >= 0.6 is 0 Å². The van der Waals surface area contributed by atoms with Crippen LogP contribution in [0, 0.1) is 40.4 Å². The Kier molecular flexibility index (Phi) is 24.6. The molecule has 4 aliphatic rings. The van der Waals surface area contributed by atoms with Crippen LogP contribution in [-0.4, -0.2) is 42.2 Å². The van der Waals surface area contributed by atoms with Gasteiger partial charge in [0.15, 0.2) is 0 Å². The van der Waals surface area contributed by atoms with Gasteiger partial charge in [-0.15, -0.1) is 0 Å². The average molecular weight is 820 g/mol. The fraction of sp³-hybridized carbons (Fsp3) is 0.778. The van der Waals surface area contributed by atoms with E-state index in [1.54, 1.807) is 0 Å². The molecule has 5 unspecified atom stereocenters. The number of nitrogens with zero attached hydrogens (tertiary/aromatic N) is 1. The predicted octanol–water partition coefficient (Wildman–Crippen LogP) is 14.4. The normalized spacial score (nSPS) is 20.7. The van der Waals surface area contributed by atoms with Crippen LogP contribution in [0.3, 0.4) is 0 Å². The van der Waals surface area contributed by atoms with Crippen LogP contribution in [0.5, 0.6) is 0 Å². The highest BCUT2D eigenvalue weighted by atomic mass is 15.2. The van der Waals surface area contributed by atoms with E-state index in [2.05, 4.69) is 129 Å². The van der Waals surface area contributed by atoms with Crippen molar-refractivity contribution < 1.29 is 0 Å². The summed E-state index contributed by atoms with van der Waals surface area (Å²) in [6.07, 6.45) is 19.2. The number of likely N-dealkylation sites (tertiary alicyclic amines) is 1. The largest absolute Gasteiger partial charge is 0.389 e. The summed E-state index contributed by atoms with van der Waals surface area (Å²) in [4.78, 5) is 2.58. The van der Waals surface area contributed by atoms with Gasteiger partial charge >= 0.3 is 0 Å². The summed E-state index contributed by atoms with van der Waals surface area (Å²) < 4.78 is 0. The Balaban J connectivity index is 0.000000797. The molecule has 4 fully saturated rings. The molecule has 59 heavy (non-hydrogen) atoms. The van der Waals surface area contributed by atoms with Crippen LogP contribution in [0.25, 0.3) is 0 Å². The molecule has 342 valence electrons. The molecule has 0 amide bonds. The molecule has 4 rings (SSSR count). The number of rotatable bonds is 24. The molecule has 3 aliphatic carbocycles. The van der Waals surface area contributed by atoms with Crippen molar-refractivity contribution in [3.63, 3.8) is 0 Å².